The number of ketones is 2. The highest BCUT2D eigenvalue weighted by Gasteiger charge is 2.57. The molecule has 5 atom stereocenters. The van der Waals surface area contributed by atoms with Gasteiger partial charge in [-0.2, -0.15) is 5.26 Å². The lowest BCUT2D eigenvalue weighted by atomic mass is 9.69. The van der Waals surface area contributed by atoms with Crippen LogP contribution in [0.1, 0.15) is 36.1 Å². The zero-order valence-electron chi connectivity index (χ0n) is 20.6. The van der Waals surface area contributed by atoms with Crippen molar-refractivity contribution in [2.24, 2.45) is 5.73 Å². The minimum Gasteiger partial charge on any atom is -0.504 e. The first-order valence-electron chi connectivity index (χ1n) is 11.8. The van der Waals surface area contributed by atoms with Gasteiger partial charge in [0, 0.05) is 40.9 Å². The number of nitrogens with zero attached hydrogens (tertiary/aromatic N) is 3. The number of likely N-dealkylation sites (N-methyl/N-ethyl adjacent to an activating group) is 1. The van der Waals surface area contributed by atoms with Crippen LogP contribution in [-0.4, -0.2) is 78.5 Å². The van der Waals surface area contributed by atoms with Crippen molar-refractivity contribution in [2.45, 2.75) is 56.9 Å². The maximum Gasteiger partial charge on any atom is 0.225 e. The van der Waals surface area contributed by atoms with Crippen LogP contribution in [0.25, 0.3) is 0 Å². The van der Waals surface area contributed by atoms with Gasteiger partial charge in [0.05, 0.1) is 32.4 Å². The molecule has 2 bridgehead atoms. The fourth-order valence-electron chi connectivity index (χ4n) is 6.84. The highest BCUT2D eigenvalue weighted by Crippen LogP contribution is 2.53. The number of phenols is 1. The third kappa shape index (κ3) is 2.97. The Bertz CT molecular complexity index is 1260. The molecule has 3 N–H and O–H groups in total. The van der Waals surface area contributed by atoms with Crippen LogP contribution in [0, 0.1) is 18.3 Å². The van der Waals surface area contributed by atoms with Gasteiger partial charge in [0.25, 0.3) is 0 Å². The molecule has 0 radical (unpaired) electrons. The van der Waals surface area contributed by atoms with E-state index >= 15 is 0 Å². The number of nitriles is 1. The topological polar surface area (TPSA) is 129 Å². The summed E-state index contributed by atoms with van der Waals surface area (Å²) >= 11 is 0. The van der Waals surface area contributed by atoms with Gasteiger partial charge in [0.1, 0.15) is 6.04 Å². The van der Waals surface area contributed by atoms with E-state index in [1.807, 2.05) is 24.9 Å². The number of benzene rings is 1. The van der Waals surface area contributed by atoms with E-state index in [1.54, 1.807) is 6.92 Å². The number of hydrogen-bond donors (Lipinski definition) is 2. The lowest BCUT2D eigenvalue weighted by molar-refractivity contribution is -0.122. The fraction of sp³-hybridized carbons (Fsp3) is 0.500. The highest BCUT2D eigenvalue weighted by molar-refractivity contribution is 6.25. The molecule has 9 nitrogen and oxygen atoms in total. The molecular formula is C26H30N4O5. The number of rotatable bonds is 3. The van der Waals surface area contributed by atoms with Gasteiger partial charge in [-0.1, -0.05) is 6.07 Å². The Hall–Kier alpha value is -3.19. The molecule has 0 aromatic heterocycles. The number of nitrogens with two attached hydrogens (primary N) is 1. The van der Waals surface area contributed by atoms with Crippen molar-refractivity contribution in [1.29, 1.82) is 5.26 Å². The lowest BCUT2D eigenvalue weighted by Gasteiger charge is -2.60. The maximum absolute atomic E-state index is 13.4. The van der Waals surface area contributed by atoms with Crippen LogP contribution in [0.5, 0.6) is 11.5 Å². The van der Waals surface area contributed by atoms with Crippen LogP contribution in [-0.2, 0) is 20.7 Å². The monoisotopic (exact) mass is 478 g/mol. The Kier molecular flexibility index (Phi) is 5.51. The molecule has 5 rings (SSSR count). The first-order chi connectivity index (χ1) is 16.7. The Morgan fingerprint density at radius 2 is 1.89 bits per heavy atom. The summed E-state index contributed by atoms with van der Waals surface area (Å²) < 4.78 is 10.8. The molecule has 35 heavy (non-hydrogen) atoms. The molecule has 2 unspecified atom stereocenters. The van der Waals surface area contributed by atoms with Crippen molar-refractivity contribution < 1.29 is 24.2 Å². The van der Waals surface area contributed by atoms with Gasteiger partial charge in [0.15, 0.2) is 23.0 Å². The molecular weight excluding hydrogens is 448 g/mol. The van der Waals surface area contributed by atoms with Gasteiger partial charge < -0.3 is 20.3 Å². The normalized spacial score (nSPS) is 30.5. The summed E-state index contributed by atoms with van der Waals surface area (Å²) in [6, 6.07) is 2.48. The molecule has 1 aromatic carbocycles. The second-order valence-corrected chi connectivity index (χ2v) is 9.78. The number of allylic oxidation sites excluding steroid dienone is 2. The van der Waals surface area contributed by atoms with E-state index in [4.69, 9.17) is 15.2 Å². The number of aromatic hydroxyl groups is 1. The van der Waals surface area contributed by atoms with Gasteiger partial charge in [-0.15, -0.1) is 0 Å². The molecule has 0 saturated carbocycles. The Morgan fingerprint density at radius 3 is 2.49 bits per heavy atom. The van der Waals surface area contributed by atoms with E-state index in [0.717, 1.165) is 16.7 Å². The number of hydrogen-bond acceptors (Lipinski definition) is 9. The standard InChI is InChI=1S/C26H30N4O5/c1-11-6-13-7-15-17(9-27)30-16(21(29(15)3)19(13)23(32)25(11)34-4)8-14-20(18(30)10-28)24(33)26(35-5)12(2)22(14)31/h6,15-18,21,32H,7-8,10,28H2,1-5H3/t15-,16?,17-,18?,21+/m0/s1. The summed E-state index contributed by atoms with van der Waals surface area (Å²) in [6.07, 6.45) is 0.820. The van der Waals surface area contributed by atoms with Crippen LogP contribution in [0.4, 0.5) is 0 Å². The quantitative estimate of drug-likeness (QED) is 0.617. The number of phenolic OH excluding ortho intramolecular Hbond substituents is 1. The number of piperazine rings is 1. The van der Waals surface area contributed by atoms with Gasteiger partial charge in [-0.05, 0) is 44.9 Å². The van der Waals surface area contributed by atoms with Gasteiger partial charge >= 0.3 is 0 Å². The number of carbonyl (C=O) groups excluding carboxylic acids is 2. The molecule has 1 saturated heterocycles. The predicted octanol–water partition coefficient (Wildman–Crippen LogP) is 1.28. The van der Waals surface area contributed by atoms with Crippen molar-refractivity contribution in [3.8, 4) is 17.6 Å². The van der Waals surface area contributed by atoms with Crippen LogP contribution >= 0.6 is 0 Å². The second-order valence-electron chi connectivity index (χ2n) is 9.78. The van der Waals surface area contributed by atoms with Crippen molar-refractivity contribution in [3.63, 3.8) is 0 Å². The number of Topliss-reactive ketones (excluding diaryl/α,β-unsaturated/α-hetero) is 2. The van der Waals surface area contributed by atoms with E-state index in [-0.39, 0.29) is 59.7 Å². The molecule has 0 spiro atoms. The Morgan fingerprint density at radius 1 is 1.17 bits per heavy atom. The first-order valence-corrected chi connectivity index (χ1v) is 11.8. The van der Waals surface area contributed by atoms with Gasteiger partial charge in [0.2, 0.25) is 5.78 Å². The number of carbonyl (C=O) groups is 2. The first kappa shape index (κ1) is 23.5. The van der Waals surface area contributed by atoms with E-state index < -0.39 is 12.1 Å². The molecule has 184 valence electrons. The van der Waals surface area contributed by atoms with Crippen molar-refractivity contribution in [3.05, 3.63) is 45.2 Å². The summed E-state index contributed by atoms with van der Waals surface area (Å²) in [7, 11) is 4.86. The molecule has 4 aliphatic rings. The van der Waals surface area contributed by atoms with Crippen molar-refractivity contribution >= 4 is 11.6 Å². The van der Waals surface area contributed by atoms with E-state index in [0.29, 0.717) is 23.3 Å². The SMILES string of the molecule is COC1=C(C)C(=O)C2=C(C1=O)C(CN)N1C(C2)[C@@H]2c3c(cc(C)c(OC)c3O)C[C@@H]([C@@H]1C#N)N2C. The molecule has 1 aliphatic carbocycles. The molecule has 0 amide bonds. The third-order valence-electron chi connectivity index (χ3n) is 8.29. The van der Waals surface area contributed by atoms with Crippen LogP contribution in [0.15, 0.2) is 28.5 Å². The largest absolute Gasteiger partial charge is 0.504 e. The Labute approximate surface area is 204 Å². The number of methoxy groups -OCH3 is 2. The molecule has 9 heteroatoms. The average molecular weight is 479 g/mol. The van der Waals surface area contributed by atoms with Crippen molar-refractivity contribution in [2.75, 3.05) is 27.8 Å². The second kappa shape index (κ2) is 8.19. The number of ether oxygens (including phenoxy) is 2. The lowest BCUT2D eigenvalue weighted by Crippen LogP contribution is -2.71. The predicted molar refractivity (Wildman–Crippen MR) is 127 cm³/mol. The summed E-state index contributed by atoms with van der Waals surface area (Å²) in [6.45, 7) is 3.56. The zero-order chi connectivity index (χ0) is 25.3. The van der Waals surface area contributed by atoms with E-state index in [9.17, 15) is 20.0 Å². The van der Waals surface area contributed by atoms with Crippen LogP contribution in [0.2, 0.25) is 0 Å². The third-order valence-corrected chi connectivity index (χ3v) is 8.29. The summed E-state index contributed by atoms with van der Waals surface area (Å²) in [5.74, 6) is -0.0230. The number of aryl methyl sites for hydroxylation is 1. The summed E-state index contributed by atoms with van der Waals surface area (Å²) in [5, 5.41) is 21.6. The fourth-order valence-corrected chi connectivity index (χ4v) is 6.84. The Balaban J connectivity index is 1.74. The molecule has 3 aliphatic heterocycles. The van der Waals surface area contributed by atoms with E-state index in [2.05, 4.69) is 11.0 Å². The van der Waals surface area contributed by atoms with E-state index in [1.165, 1.54) is 14.2 Å². The molecule has 3 heterocycles. The smallest absolute Gasteiger partial charge is 0.225 e. The average Bonchev–Trinajstić information content (AvgIpc) is 2.83. The molecule has 1 fully saturated rings. The van der Waals surface area contributed by atoms with Crippen LogP contribution < -0.4 is 10.5 Å². The van der Waals surface area contributed by atoms with Gasteiger partial charge in [-0.3, -0.25) is 19.4 Å². The van der Waals surface area contributed by atoms with Crippen molar-refractivity contribution in [1.82, 2.24) is 9.80 Å². The highest BCUT2D eigenvalue weighted by atomic mass is 16.5. The van der Waals surface area contributed by atoms with Gasteiger partial charge in [-0.25, -0.2) is 0 Å². The summed E-state index contributed by atoms with van der Waals surface area (Å²) in [5.41, 5.74) is 9.84. The maximum atomic E-state index is 13.4. The molecule has 1 aromatic rings. The number of fused-ring (bicyclic) bond motifs is 6. The minimum atomic E-state index is -0.613. The van der Waals surface area contributed by atoms with Crippen LogP contribution in [0.3, 0.4) is 0 Å². The summed E-state index contributed by atoms with van der Waals surface area (Å²) in [4.78, 5) is 31.0. The zero-order valence-corrected chi connectivity index (χ0v) is 20.6. The minimum absolute atomic E-state index is 0.0386.